The van der Waals surface area contributed by atoms with E-state index in [0.717, 1.165) is 31.4 Å². The Morgan fingerprint density at radius 3 is 2.82 bits per heavy atom. The Morgan fingerprint density at radius 1 is 1.41 bits per heavy atom. The smallest absolute Gasteiger partial charge is 0.238 e. The minimum absolute atomic E-state index is 0.0796. The number of carbonyl (C=O) groups is 1. The van der Waals surface area contributed by atoms with Crippen molar-refractivity contribution in [3.63, 3.8) is 0 Å². The number of aliphatic hydroxyl groups is 1. The summed E-state index contributed by atoms with van der Waals surface area (Å²) in [5.74, 6) is 0.192. The third kappa shape index (κ3) is 4.70. The van der Waals surface area contributed by atoms with E-state index in [2.05, 4.69) is 5.32 Å². The monoisotopic (exact) mass is 324 g/mol. The minimum Gasteiger partial charge on any atom is -0.393 e. The van der Waals surface area contributed by atoms with E-state index in [9.17, 15) is 9.90 Å². The Hall–Kier alpha value is -1.10. The summed E-state index contributed by atoms with van der Waals surface area (Å²) in [6, 6.07) is 5.56. The molecule has 2 atom stereocenters. The van der Waals surface area contributed by atoms with Gasteiger partial charge in [0.15, 0.2) is 0 Å². The first kappa shape index (κ1) is 17.3. The van der Waals surface area contributed by atoms with Gasteiger partial charge in [-0.2, -0.15) is 0 Å². The molecule has 1 saturated carbocycles. The summed E-state index contributed by atoms with van der Waals surface area (Å²) in [7, 11) is 1.92. The standard InChI is InChI=1S/C17H25ClN2O2/c1-12-6-5-8-14(18)17(12)19-16(22)11-20(2)10-13-7-3-4-9-15(13)21/h5-6,8,13,15,21H,3-4,7,9-11H2,1-2H3,(H,19,22). The summed E-state index contributed by atoms with van der Waals surface area (Å²) >= 11 is 6.12. The van der Waals surface area contributed by atoms with Crippen molar-refractivity contribution < 1.29 is 9.90 Å². The zero-order valence-electron chi connectivity index (χ0n) is 13.3. The number of halogens is 1. The predicted octanol–water partition coefficient (Wildman–Crippen LogP) is 3.07. The highest BCUT2D eigenvalue weighted by Gasteiger charge is 2.24. The van der Waals surface area contributed by atoms with Gasteiger partial charge in [0.25, 0.3) is 0 Å². The van der Waals surface area contributed by atoms with Crippen molar-refractivity contribution in [1.29, 1.82) is 0 Å². The third-order valence-corrected chi connectivity index (χ3v) is 4.63. The maximum Gasteiger partial charge on any atom is 0.238 e. The van der Waals surface area contributed by atoms with Gasteiger partial charge in [-0.05, 0) is 44.4 Å². The molecule has 0 aromatic heterocycles. The summed E-state index contributed by atoms with van der Waals surface area (Å²) in [4.78, 5) is 14.1. The summed E-state index contributed by atoms with van der Waals surface area (Å²) < 4.78 is 0. The van der Waals surface area contributed by atoms with Gasteiger partial charge in [-0.1, -0.05) is 36.6 Å². The normalized spacial score (nSPS) is 21.9. The first-order valence-corrected chi connectivity index (χ1v) is 8.26. The molecule has 0 bridgehead atoms. The lowest BCUT2D eigenvalue weighted by atomic mass is 9.86. The van der Waals surface area contributed by atoms with Crippen LogP contribution < -0.4 is 5.32 Å². The molecule has 0 aliphatic heterocycles. The van der Waals surface area contributed by atoms with Crippen LogP contribution in [-0.2, 0) is 4.79 Å². The fourth-order valence-corrected chi connectivity index (χ4v) is 3.35. The number of rotatable bonds is 5. The van der Waals surface area contributed by atoms with E-state index in [1.54, 1.807) is 6.07 Å². The van der Waals surface area contributed by atoms with Crippen LogP contribution in [0.25, 0.3) is 0 Å². The lowest BCUT2D eigenvalue weighted by molar-refractivity contribution is -0.117. The van der Waals surface area contributed by atoms with Crippen molar-refractivity contribution in [3.05, 3.63) is 28.8 Å². The van der Waals surface area contributed by atoms with Crippen LogP contribution in [-0.4, -0.2) is 42.2 Å². The molecule has 122 valence electrons. The summed E-state index contributed by atoms with van der Waals surface area (Å²) in [6.07, 6.45) is 3.96. The molecule has 5 heteroatoms. The number of aryl methyl sites for hydroxylation is 1. The average molecular weight is 325 g/mol. The summed E-state index contributed by atoms with van der Waals surface area (Å²) in [5, 5.41) is 13.5. The first-order valence-electron chi connectivity index (χ1n) is 7.89. The molecule has 0 spiro atoms. The van der Waals surface area contributed by atoms with Crippen LogP contribution >= 0.6 is 11.6 Å². The maximum absolute atomic E-state index is 12.2. The number of hydrogen-bond donors (Lipinski definition) is 2. The number of nitrogens with zero attached hydrogens (tertiary/aromatic N) is 1. The number of aliphatic hydroxyl groups excluding tert-OH is 1. The van der Waals surface area contributed by atoms with Crippen molar-refractivity contribution in [2.75, 3.05) is 25.5 Å². The average Bonchev–Trinajstić information content (AvgIpc) is 2.45. The van der Waals surface area contributed by atoms with Gasteiger partial charge in [-0.3, -0.25) is 9.69 Å². The van der Waals surface area contributed by atoms with Crippen LogP contribution in [0.3, 0.4) is 0 Å². The van der Waals surface area contributed by atoms with E-state index >= 15 is 0 Å². The van der Waals surface area contributed by atoms with Gasteiger partial charge in [0, 0.05) is 6.54 Å². The Bertz CT molecular complexity index is 501. The van der Waals surface area contributed by atoms with Crippen LogP contribution in [0.1, 0.15) is 31.2 Å². The van der Waals surface area contributed by atoms with E-state index in [0.29, 0.717) is 17.3 Å². The molecule has 2 unspecified atom stereocenters. The second kappa shape index (κ2) is 7.95. The molecule has 4 nitrogen and oxygen atoms in total. The highest BCUT2D eigenvalue weighted by molar-refractivity contribution is 6.33. The number of nitrogens with one attached hydrogen (secondary N) is 1. The van der Waals surface area contributed by atoms with Crippen molar-refractivity contribution in [1.82, 2.24) is 4.90 Å². The fraction of sp³-hybridized carbons (Fsp3) is 0.588. The fourth-order valence-electron chi connectivity index (χ4n) is 3.08. The molecule has 1 aromatic carbocycles. The van der Waals surface area contributed by atoms with Crippen LogP contribution in [0.15, 0.2) is 18.2 Å². The van der Waals surface area contributed by atoms with Crippen molar-refractivity contribution in [3.8, 4) is 0 Å². The van der Waals surface area contributed by atoms with E-state index in [1.165, 1.54) is 6.42 Å². The number of likely N-dealkylation sites (N-methyl/N-ethyl adjacent to an activating group) is 1. The summed E-state index contributed by atoms with van der Waals surface area (Å²) in [6.45, 7) is 2.97. The molecule has 1 aliphatic carbocycles. The van der Waals surface area contributed by atoms with E-state index in [4.69, 9.17) is 11.6 Å². The quantitative estimate of drug-likeness (QED) is 0.875. The maximum atomic E-state index is 12.2. The van der Waals surface area contributed by atoms with Crippen molar-refractivity contribution in [2.45, 2.75) is 38.7 Å². The molecule has 22 heavy (non-hydrogen) atoms. The lowest BCUT2D eigenvalue weighted by Crippen LogP contribution is -2.38. The molecular weight excluding hydrogens is 300 g/mol. The molecule has 1 aromatic rings. The van der Waals surface area contributed by atoms with Gasteiger partial charge in [-0.15, -0.1) is 0 Å². The number of hydrogen-bond acceptors (Lipinski definition) is 3. The van der Waals surface area contributed by atoms with Crippen molar-refractivity contribution >= 4 is 23.2 Å². The molecule has 1 aliphatic rings. The topological polar surface area (TPSA) is 52.6 Å². The van der Waals surface area contributed by atoms with E-state index < -0.39 is 0 Å². The molecule has 1 amide bonds. The zero-order valence-corrected chi connectivity index (χ0v) is 14.1. The van der Waals surface area contributed by atoms with E-state index in [-0.39, 0.29) is 17.9 Å². The van der Waals surface area contributed by atoms with Gasteiger partial charge in [0.1, 0.15) is 0 Å². The van der Waals surface area contributed by atoms with Gasteiger partial charge in [0.2, 0.25) is 5.91 Å². The Morgan fingerprint density at radius 2 is 2.14 bits per heavy atom. The molecule has 1 fully saturated rings. The van der Waals surface area contributed by atoms with Crippen LogP contribution in [0.2, 0.25) is 5.02 Å². The first-order chi connectivity index (χ1) is 10.5. The van der Waals surface area contributed by atoms with Gasteiger partial charge >= 0.3 is 0 Å². The predicted molar refractivity (Wildman–Crippen MR) is 90.3 cm³/mol. The Kier molecular flexibility index (Phi) is 6.24. The Labute approximate surface area is 137 Å². The van der Waals surface area contributed by atoms with Crippen LogP contribution in [0.5, 0.6) is 0 Å². The highest BCUT2D eigenvalue weighted by atomic mass is 35.5. The summed E-state index contributed by atoms with van der Waals surface area (Å²) in [5.41, 5.74) is 1.63. The minimum atomic E-state index is -0.231. The van der Waals surface area contributed by atoms with Gasteiger partial charge < -0.3 is 10.4 Å². The molecule has 2 N–H and O–H groups in total. The van der Waals surface area contributed by atoms with Crippen molar-refractivity contribution in [2.24, 2.45) is 5.92 Å². The third-order valence-electron chi connectivity index (χ3n) is 4.32. The van der Waals surface area contributed by atoms with Crippen LogP contribution in [0, 0.1) is 12.8 Å². The zero-order chi connectivity index (χ0) is 16.1. The molecule has 0 saturated heterocycles. The van der Waals surface area contributed by atoms with Gasteiger partial charge in [0.05, 0.1) is 23.4 Å². The molecule has 0 radical (unpaired) electrons. The lowest BCUT2D eigenvalue weighted by Gasteiger charge is -2.31. The number of anilines is 1. The highest BCUT2D eigenvalue weighted by Crippen LogP contribution is 2.26. The second-order valence-electron chi connectivity index (χ2n) is 6.29. The van der Waals surface area contributed by atoms with Crippen LogP contribution in [0.4, 0.5) is 5.69 Å². The molecule has 2 rings (SSSR count). The number of carbonyl (C=O) groups excluding carboxylic acids is 1. The number of amides is 1. The molecular formula is C17H25ClN2O2. The number of benzene rings is 1. The number of para-hydroxylation sites is 1. The largest absolute Gasteiger partial charge is 0.393 e. The Balaban J connectivity index is 1.86. The van der Waals surface area contributed by atoms with E-state index in [1.807, 2.05) is 31.0 Å². The van der Waals surface area contributed by atoms with Gasteiger partial charge in [-0.25, -0.2) is 0 Å². The second-order valence-corrected chi connectivity index (χ2v) is 6.70. The molecule has 0 heterocycles. The SMILES string of the molecule is Cc1cccc(Cl)c1NC(=O)CN(C)CC1CCCCC1O.